The molecule has 1 aliphatic carbocycles. The van der Waals surface area contributed by atoms with E-state index < -0.39 is 6.10 Å². The van der Waals surface area contributed by atoms with Crippen LogP contribution in [0.15, 0.2) is 18.2 Å². The molecular formula is C15H19Cl2NO2. The number of ether oxygens (including phenoxy) is 1. The number of rotatable bonds is 4. The normalized spacial score (nSPS) is 17.6. The molecule has 0 spiro atoms. The highest BCUT2D eigenvalue weighted by Gasteiger charge is 2.21. The van der Waals surface area contributed by atoms with E-state index in [1.54, 1.807) is 25.1 Å². The van der Waals surface area contributed by atoms with Crippen LogP contribution in [0.25, 0.3) is 0 Å². The molecule has 0 saturated heterocycles. The molecule has 3 nitrogen and oxygen atoms in total. The van der Waals surface area contributed by atoms with Crippen LogP contribution in [0.5, 0.6) is 5.75 Å². The number of benzene rings is 1. The highest BCUT2D eigenvalue weighted by atomic mass is 35.5. The van der Waals surface area contributed by atoms with E-state index in [0.717, 1.165) is 12.8 Å². The lowest BCUT2D eigenvalue weighted by Gasteiger charge is -2.24. The van der Waals surface area contributed by atoms with E-state index in [1.165, 1.54) is 19.3 Å². The van der Waals surface area contributed by atoms with Crippen molar-refractivity contribution in [3.8, 4) is 5.75 Å². The van der Waals surface area contributed by atoms with Crippen LogP contribution in [0.3, 0.4) is 0 Å². The van der Waals surface area contributed by atoms with Gasteiger partial charge in [0.1, 0.15) is 5.75 Å². The predicted octanol–water partition coefficient (Wildman–Crippen LogP) is 4.21. The summed E-state index contributed by atoms with van der Waals surface area (Å²) in [6.07, 6.45) is 5.17. The molecule has 0 bridgehead atoms. The lowest BCUT2D eigenvalue weighted by Crippen LogP contribution is -2.43. The maximum Gasteiger partial charge on any atom is 0.260 e. The van der Waals surface area contributed by atoms with Crippen LogP contribution < -0.4 is 10.1 Å². The summed E-state index contributed by atoms with van der Waals surface area (Å²) in [5, 5.41) is 3.99. The number of carbonyl (C=O) groups excluding carboxylic acids is 1. The van der Waals surface area contributed by atoms with Gasteiger partial charge in [-0.1, -0.05) is 42.5 Å². The van der Waals surface area contributed by atoms with E-state index in [1.807, 2.05) is 0 Å². The van der Waals surface area contributed by atoms with Crippen LogP contribution in [-0.2, 0) is 4.79 Å². The monoisotopic (exact) mass is 315 g/mol. The van der Waals surface area contributed by atoms with E-state index >= 15 is 0 Å². The Balaban J connectivity index is 1.89. The lowest BCUT2D eigenvalue weighted by atomic mass is 9.95. The Morgan fingerprint density at radius 2 is 2.00 bits per heavy atom. The second-order valence-electron chi connectivity index (χ2n) is 5.18. The molecule has 1 aromatic carbocycles. The average Bonchev–Trinajstić information content (AvgIpc) is 2.43. The van der Waals surface area contributed by atoms with Crippen molar-refractivity contribution in [2.75, 3.05) is 0 Å². The Bertz CT molecular complexity index is 473. The van der Waals surface area contributed by atoms with Gasteiger partial charge in [-0.25, -0.2) is 0 Å². The Kier molecular flexibility index (Phi) is 5.55. The van der Waals surface area contributed by atoms with E-state index in [0.29, 0.717) is 15.8 Å². The molecule has 0 aromatic heterocycles. The van der Waals surface area contributed by atoms with Gasteiger partial charge in [-0.3, -0.25) is 4.79 Å². The molecule has 2 rings (SSSR count). The van der Waals surface area contributed by atoms with Crippen molar-refractivity contribution >= 4 is 29.1 Å². The van der Waals surface area contributed by atoms with Crippen molar-refractivity contribution < 1.29 is 9.53 Å². The fourth-order valence-corrected chi connectivity index (χ4v) is 2.83. The first-order valence-electron chi connectivity index (χ1n) is 6.98. The Labute approximate surface area is 129 Å². The average molecular weight is 316 g/mol. The maximum atomic E-state index is 12.1. The highest BCUT2D eigenvalue weighted by molar-refractivity contribution is 6.35. The van der Waals surface area contributed by atoms with Gasteiger partial charge in [-0.2, -0.15) is 0 Å². The van der Waals surface area contributed by atoms with Crippen LogP contribution in [-0.4, -0.2) is 18.1 Å². The van der Waals surface area contributed by atoms with Crippen LogP contribution in [0.4, 0.5) is 0 Å². The fourth-order valence-electron chi connectivity index (χ4n) is 2.38. The second kappa shape index (κ2) is 7.19. The van der Waals surface area contributed by atoms with E-state index in [-0.39, 0.29) is 11.9 Å². The minimum Gasteiger partial charge on any atom is -0.479 e. The van der Waals surface area contributed by atoms with Crippen molar-refractivity contribution in [1.82, 2.24) is 5.32 Å². The molecule has 0 heterocycles. The van der Waals surface area contributed by atoms with Gasteiger partial charge in [-0.15, -0.1) is 0 Å². The summed E-state index contributed by atoms with van der Waals surface area (Å²) in [6, 6.07) is 5.25. The topological polar surface area (TPSA) is 38.3 Å². The molecule has 0 unspecified atom stereocenters. The van der Waals surface area contributed by atoms with Crippen LogP contribution in [0, 0.1) is 0 Å². The Hall–Kier alpha value is -0.930. The quantitative estimate of drug-likeness (QED) is 0.903. The van der Waals surface area contributed by atoms with Crippen molar-refractivity contribution in [1.29, 1.82) is 0 Å². The summed E-state index contributed by atoms with van der Waals surface area (Å²) in [6.45, 7) is 1.73. The molecule has 1 amide bonds. The third-order valence-corrected chi connectivity index (χ3v) is 4.05. The lowest BCUT2D eigenvalue weighted by molar-refractivity contribution is -0.128. The standard InChI is InChI=1S/C15H19Cl2NO2/c1-10(15(19)18-12-5-3-2-4-6-12)20-14-8-7-11(16)9-13(14)17/h7-10,12H,2-6H2,1H3,(H,18,19)/t10-/m1/s1. The highest BCUT2D eigenvalue weighted by Crippen LogP contribution is 2.28. The van der Waals surface area contributed by atoms with Gasteiger partial charge in [0, 0.05) is 11.1 Å². The maximum absolute atomic E-state index is 12.1. The van der Waals surface area contributed by atoms with Gasteiger partial charge in [0.15, 0.2) is 6.10 Å². The van der Waals surface area contributed by atoms with Crippen LogP contribution in [0.2, 0.25) is 10.0 Å². The second-order valence-corrected chi connectivity index (χ2v) is 6.02. The molecule has 1 fully saturated rings. The smallest absolute Gasteiger partial charge is 0.260 e. The molecule has 110 valence electrons. The number of nitrogens with one attached hydrogen (secondary N) is 1. The Morgan fingerprint density at radius 1 is 1.30 bits per heavy atom. The zero-order valence-electron chi connectivity index (χ0n) is 11.5. The first-order chi connectivity index (χ1) is 9.56. The fraction of sp³-hybridized carbons (Fsp3) is 0.533. The van der Waals surface area contributed by atoms with Crippen molar-refractivity contribution in [3.63, 3.8) is 0 Å². The largest absolute Gasteiger partial charge is 0.479 e. The summed E-state index contributed by atoms with van der Waals surface area (Å²) >= 11 is 11.9. The Morgan fingerprint density at radius 3 is 2.65 bits per heavy atom. The molecule has 1 saturated carbocycles. The minimum absolute atomic E-state index is 0.0945. The summed E-state index contributed by atoms with van der Waals surface area (Å²) < 4.78 is 5.60. The zero-order chi connectivity index (χ0) is 14.5. The summed E-state index contributed by atoms with van der Waals surface area (Å²) in [5.74, 6) is 0.380. The molecule has 1 aliphatic rings. The molecule has 0 radical (unpaired) electrons. The molecule has 1 N–H and O–H groups in total. The van der Waals surface area contributed by atoms with Gasteiger partial charge in [0.05, 0.1) is 5.02 Å². The third kappa shape index (κ3) is 4.29. The van der Waals surface area contributed by atoms with Gasteiger partial charge in [-0.05, 0) is 38.0 Å². The first-order valence-corrected chi connectivity index (χ1v) is 7.74. The van der Waals surface area contributed by atoms with Crippen molar-refractivity contribution in [3.05, 3.63) is 28.2 Å². The van der Waals surface area contributed by atoms with Crippen LogP contribution >= 0.6 is 23.2 Å². The van der Waals surface area contributed by atoms with E-state index in [4.69, 9.17) is 27.9 Å². The van der Waals surface area contributed by atoms with Gasteiger partial charge >= 0.3 is 0 Å². The van der Waals surface area contributed by atoms with Gasteiger partial charge < -0.3 is 10.1 Å². The molecular weight excluding hydrogens is 297 g/mol. The number of halogens is 2. The SMILES string of the molecule is C[C@@H](Oc1ccc(Cl)cc1Cl)C(=O)NC1CCCCC1. The number of hydrogen-bond donors (Lipinski definition) is 1. The molecule has 20 heavy (non-hydrogen) atoms. The van der Waals surface area contributed by atoms with Gasteiger partial charge in [0.2, 0.25) is 0 Å². The third-order valence-electron chi connectivity index (χ3n) is 3.52. The number of amides is 1. The summed E-state index contributed by atoms with van der Waals surface area (Å²) in [7, 11) is 0. The molecule has 5 heteroatoms. The van der Waals surface area contributed by atoms with Crippen LogP contribution in [0.1, 0.15) is 39.0 Å². The summed E-state index contributed by atoms with van der Waals surface area (Å²) in [5.41, 5.74) is 0. The predicted molar refractivity (Wildman–Crippen MR) is 81.6 cm³/mol. The van der Waals surface area contributed by atoms with Crippen molar-refractivity contribution in [2.24, 2.45) is 0 Å². The number of carbonyl (C=O) groups is 1. The van der Waals surface area contributed by atoms with E-state index in [9.17, 15) is 4.79 Å². The van der Waals surface area contributed by atoms with Crippen molar-refractivity contribution in [2.45, 2.75) is 51.2 Å². The van der Waals surface area contributed by atoms with E-state index in [2.05, 4.69) is 5.32 Å². The zero-order valence-corrected chi connectivity index (χ0v) is 13.0. The molecule has 1 atom stereocenters. The molecule has 0 aliphatic heterocycles. The summed E-state index contributed by atoms with van der Waals surface area (Å²) in [4.78, 5) is 12.1. The first kappa shape index (κ1) is 15.5. The van der Waals surface area contributed by atoms with Gasteiger partial charge in [0.25, 0.3) is 5.91 Å². The minimum atomic E-state index is -0.574. The number of hydrogen-bond acceptors (Lipinski definition) is 2. The molecule has 1 aromatic rings.